The average Bonchev–Trinajstić information content (AvgIpc) is 3.06. The molecule has 7 heteroatoms. The third-order valence-corrected chi connectivity index (χ3v) is 4.63. The first-order chi connectivity index (χ1) is 11.7. The molecule has 0 spiro atoms. The molecule has 0 aromatic carbocycles. The normalized spacial score (nSPS) is 25.9. The summed E-state index contributed by atoms with van der Waals surface area (Å²) in [7, 11) is 0. The number of nitrogens with zero attached hydrogens (tertiary/aromatic N) is 3. The largest absolute Gasteiger partial charge is 0.379 e. The number of nitriles is 1. The van der Waals surface area contributed by atoms with E-state index in [4.69, 9.17) is 10.5 Å². The Balaban J connectivity index is 1.66. The summed E-state index contributed by atoms with van der Waals surface area (Å²) in [5, 5.41) is 17.9. The van der Waals surface area contributed by atoms with E-state index in [2.05, 4.69) is 26.7 Å². The first-order valence-electron chi connectivity index (χ1n) is 8.28. The van der Waals surface area contributed by atoms with Gasteiger partial charge in [0.05, 0.1) is 12.6 Å². The minimum absolute atomic E-state index is 0.226. The monoisotopic (exact) mass is 324 g/mol. The molecular formula is C17H20N6O. The summed E-state index contributed by atoms with van der Waals surface area (Å²) >= 11 is 0. The molecule has 24 heavy (non-hydrogen) atoms. The quantitative estimate of drug-likeness (QED) is 0.783. The second-order valence-electron chi connectivity index (χ2n) is 6.54. The fourth-order valence-corrected chi connectivity index (χ4v) is 3.22. The number of ether oxygens (including phenoxy) is 1. The first-order valence-corrected chi connectivity index (χ1v) is 8.28. The van der Waals surface area contributed by atoms with Crippen LogP contribution in [0.1, 0.15) is 25.0 Å². The lowest BCUT2D eigenvalue weighted by Gasteiger charge is -2.33. The summed E-state index contributed by atoms with van der Waals surface area (Å²) in [6.45, 7) is 1.42. The third kappa shape index (κ3) is 2.98. The molecule has 0 bridgehead atoms. The van der Waals surface area contributed by atoms with Crippen molar-refractivity contribution >= 4 is 22.4 Å². The summed E-state index contributed by atoms with van der Waals surface area (Å²) in [4.78, 5) is 8.91. The van der Waals surface area contributed by atoms with Crippen molar-refractivity contribution in [1.82, 2.24) is 9.97 Å². The summed E-state index contributed by atoms with van der Waals surface area (Å²) in [5.74, 6) is 1.53. The van der Waals surface area contributed by atoms with E-state index in [9.17, 15) is 5.26 Å². The van der Waals surface area contributed by atoms with Crippen LogP contribution in [0.5, 0.6) is 0 Å². The maximum absolute atomic E-state index is 9.21. The van der Waals surface area contributed by atoms with Crippen LogP contribution in [0, 0.1) is 11.3 Å². The first kappa shape index (κ1) is 15.1. The maximum Gasteiger partial charge on any atom is 0.143 e. The highest BCUT2D eigenvalue weighted by Gasteiger charge is 2.26. The van der Waals surface area contributed by atoms with Crippen LogP contribution in [0.3, 0.4) is 0 Å². The summed E-state index contributed by atoms with van der Waals surface area (Å²) in [6.07, 6.45) is 4.66. The predicted molar refractivity (Wildman–Crippen MR) is 91.7 cm³/mol. The maximum atomic E-state index is 9.21. The molecule has 124 valence electrons. The molecule has 2 aromatic heterocycles. The molecule has 0 radical (unpaired) electrons. The molecule has 1 aliphatic carbocycles. The average molecular weight is 324 g/mol. The zero-order valence-corrected chi connectivity index (χ0v) is 13.3. The van der Waals surface area contributed by atoms with E-state index in [0.29, 0.717) is 24.4 Å². The van der Waals surface area contributed by atoms with Crippen molar-refractivity contribution in [3.63, 3.8) is 0 Å². The Labute approximate surface area is 140 Å². The predicted octanol–water partition coefficient (Wildman–Crippen LogP) is 1.60. The molecule has 1 atom stereocenters. The fourth-order valence-electron chi connectivity index (χ4n) is 3.22. The molecular weight excluding hydrogens is 304 g/mol. The minimum Gasteiger partial charge on any atom is -0.379 e. The Morgan fingerprint density at radius 2 is 2.12 bits per heavy atom. The van der Waals surface area contributed by atoms with E-state index >= 15 is 0 Å². The van der Waals surface area contributed by atoms with Crippen LogP contribution in [0.15, 0.2) is 18.3 Å². The van der Waals surface area contributed by atoms with Crippen LogP contribution in [-0.2, 0) is 4.74 Å². The van der Waals surface area contributed by atoms with Crippen molar-refractivity contribution in [2.24, 2.45) is 5.73 Å². The number of rotatable bonds is 4. The molecule has 4 N–H and O–H groups in total. The summed E-state index contributed by atoms with van der Waals surface area (Å²) < 4.78 is 5.41. The van der Waals surface area contributed by atoms with Gasteiger partial charge in [-0.2, -0.15) is 5.26 Å². The van der Waals surface area contributed by atoms with E-state index < -0.39 is 0 Å². The molecule has 2 aromatic rings. The van der Waals surface area contributed by atoms with Crippen LogP contribution in [0.4, 0.5) is 11.6 Å². The Bertz CT molecular complexity index is 790. The van der Waals surface area contributed by atoms with Gasteiger partial charge >= 0.3 is 0 Å². The van der Waals surface area contributed by atoms with Crippen molar-refractivity contribution in [3.8, 4) is 6.07 Å². The molecule has 1 saturated heterocycles. The smallest absolute Gasteiger partial charge is 0.143 e. The van der Waals surface area contributed by atoms with Crippen molar-refractivity contribution < 1.29 is 4.74 Å². The highest BCUT2D eigenvalue weighted by molar-refractivity contribution is 5.93. The Hall–Kier alpha value is -2.43. The molecule has 1 saturated carbocycles. The highest BCUT2D eigenvalue weighted by atomic mass is 16.5. The van der Waals surface area contributed by atoms with Crippen molar-refractivity contribution in [2.45, 2.75) is 37.4 Å². The number of hydrogen-bond donors (Lipinski definition) is 3. The van der Waals surface area contributed by atoms with Crippen LogP contribution in [-0.4, -0.2) is 41.3 Å². The second-order valence-corrected chi connectivity index (χ2v) is 6.54. The van der Waals surface area contributed by atoms with E-state index in [1.807, 2.05) is 6.07 Å². The minimum atomic E-state index is 0.226. The molecule has 1 aliphatic heterocycles. The van der Waals surface area contributed by atoms with Gasteiger partial charge in [0, 0.05) is 35.7 Å². The molecule has 7 nitrogen and oxygen atoms in total. The van der Waals surface area contributed by atoms with Gasteiger partial charge in [-0.1, -0.05) is 0 Å². The molecule has 4 rings (SSSR count). The SMILES string of the molecule is N#Cc1cc2cnc(NC3CC(N)C3)cc2c(NC2CCOC2)n1. The lowest BCUT2D eigenvalue weighted by atomic mass is 9.88. The zero-order chi connectivity index (χ0) is 16.5. The number of aromatic nitrogens is 2. The van der Waals surface area contributed by atoms with Crippen molar-refractivity contribution in [1.29, 1.82) is 5.26 Å². The van der Waals surface area contributed by atoms with Crippen LogP contribution in [0.25, 0.3) is 10.8 Å². The van der Waals surface area contributed by atoms with Crippen molar-refractivity contribution in [3.05, 3.63) is 24.0 Å². The number of pyridine rings is 2. The number of nitrogens with two attached hydrogens (primary N) is 1. The van der Waals surface area contributed by atoms with E-state index in [0.717, 1.165) is 48.3 Å². The second kappa shape index (κ2) is 6.23. The van der Waals surface area contributed by atoms with Crippen molar-refractivity contribution in [2.75, 3.05) is 23.8 Å². The summed E-state index contributed by atoms with van der Waals surface area (Å²) in [6, 6.07) is 6.78. The van der Waals surface area contributed by atoms with Gasteiger partial charge in [0.1, 0.15) is 23.4 Å². The zero-order valence-electron chi connectivity index (χ0n) is 13.3. The molecule has 0 amide bonds. The van der Waals surface area contributed by atoms with E-state index in [1.165, 1.54) is 0 Å². The van der Waals surface area contributed by atoms with Gasteiger partial charge in [0.15, 0.2) is 0 Å². The highest BCUT2D eigenvalue weighted by Crippen LogP contribution is 2.28. The lowest BCUT2D eigenvalue weighted by molar-refractivity contribution is 0.195. The van der Waals surface area contributed by atoms with E-state index in [1.54, 1.807) is 12.3 Å². The standard InChI is InChI=1S/C17H20N6O/c18-7-14-3-10-8-20-16(21-13-4-11(19)5-13)6-15(10)17(23-14)22-12-1-2-24-9-12/h3,6,8,11-13H,1-2,4-5,9,19H2,(H,20,21)(H,22,23). The fraction of sp³-hybridized carbons (Fsp3) is 0.471. The Kier molecular flexibility index (Phi) is 3.92. The summed E-state index contributed by atoms with van der Waals surface area (Å²) in [5.41, 5.74) is 6.22. The van der Waals surface area contributed by atoms with Crippen LogP contribution >= 0.6 is 0 Å². The van der Waals surface area contributed by atoms with Gasteiger partial charge in [-0.25, -0.2) is 9.97 Å². The van der Waals surface area contributed by atoms with E-state index in [-0.39, 0.29) is 6.04 Å². The Morgan fingerprint density at radius 1 is 1.25 bits per heavy atom. The molecule has 1 unspecified atom stereocenters. The molecule has 3 heterocycles. The number of anilines is 2. The topological polar surface area (TPSA) is 109 Å². The molecule has 2 fully saturated rings. The van der Waals surface area contributed by atoms with Crippen LogP contribution in [0.2, 0.25) is 0 Å². The lowest BCUT2D eigenvalue weighted by Crippen LogP contribution is -2.44. The van der Waals surface area contributed by atoms with Crippen LogP contribution < -0.4 is 16.4 Å². The number of hydrogen-bond acceptors (Lipinski definition) is 7. The number of nitrogens with one attached hydrogen (secondary N) is 2. The third-order valence-electron chi connectivity index (χ3n) is 4.63. The van der Waals surface area contributed by atoms with Gasteiger partial charge in [0.25, 0.3) is 0 Å². The Morgan fingerprint density at radius 3 is 2.83 bits per heavy atom. The number of fused-ring (bicyclic) bond motifs is 1. The van der Waals surface area contributed by atoms with Gasteiger partial charge in [0.2, 0.25) is 0 Å². The van der Waals surface area contributed by atoms with Gasteiger partial charge < -0.3 is 21.1 Å². The van der Waals surface area contributed by atoms with Gasteiger partial charge in [-0.15, -0.1) is 0 Å². The molecule has 2 aliphatic rings. The van der Waals surface area contributed by atoms with Gasteiger partial charge in [-0.05, 0) is 31.4 Å². The van der Waals surface area contributed by atoms with Gasteiger partial charge in [-0.3, -0.25) is 0 Å².